The predicted octanol–water partition coefficient (Wildman–Crippen LogP) is 2.55. The van der Waals surface area contributed by atoms with Crippen LogP contribution in [0.5, 0.6) is 5.75 Å². The maximum Gasteiger partial charge on any atom is 0.422 e. The summed E-state index contributed by atoms with van der Waals surface area (Å²) in [5, 5.41) is 5.85. The van der Waals surface area contributed by atoms with Gasteiger partial charge in [-0.25, -0.2) is 0 Å². The van der Waals surface area contributed by atoms with Crippen LogP contribution in [0.2, 0.25) is 0 Å². The number of guanidine groups is 1. The third-order valence-electron chi connectivity index (χ3n) is 4.68. The van der Waals surface area contributed by atoms with Crippen LogP contribution in [0.3, 0.4) is 0 Å². The molecular weight excluding hydrogens is 373 g/mol. The van der Waals surface area contributed by atoms with Crippen molar-refractivity contribution in [2.75, 3.05) is 33.8 Å². The van der Waals surface area contributed by atoms with Gasteiger partial charge in [-0.2, -0.15) is 13.2 Å². The third-order valence-corrected chi connectivity index (χ3v) is 4.68. The average molecular weight is 400 g/mol. The van der Waals surface area contributed by atoms with Crippen molar-refractivity contribution in [3.05, 3.63) is 29.8 Å². The van der Waals surface area contributed by atoms with E-state index in [1.54, 1.807) is 32.3 Å². The van der Waals surface area contributed by atoms with Gasteiger partial charge in [-0.15, -0.1) is 0 Å². The van der Waals surface area contributed by atoms with Crippen LogP contribution in [0, 0.1) is 5.92 Å². The first-order chi connectivity index (χ1) is 13.3. The lowest BCUT2D eigenvalue weighted by atomic mass is 9.93. The molecule has 156 valence electrons. The Kier molecular flexibility index (Phi) is 7.95. The number of nitrogens with one attached hydrogen (secondary N) is 2. The highest BCUT2D eigenvalue weighted by Gasteiger charge is 2.29. The minimum Gasteiger partial charge on any atom is -0.484 e. The molecule has 28 heavy (non-hydrogen) atoms. The summed E-state index contributed by atoms with van der Waals surface area (Å²) in [6.07, 6.45) is -2.07. The number of hydrogen-bond donors (Lipinski definition) is 2. The monoisotopic (exact) mass is 400 g/mol. The second kappa shape index (κ2) is 10.2. The zero-order valence-corrected chi connectivity index (χ0v) is 16.2. The van der Waals surface area contributed by atoms with Gasteiger partial charge in [-0.3, -0.25) is 9.79 Å². The van der Waals surface area contributed by atoms with Crippen molar-refractivity contribution in [2.24, 2.45) is 10.9 Å². The Labute approximate surface area is 163 Å². The van der Waals surface area contributed by atoms with E-state index in [9.17, 15) is 18.0 Å². The van der Waals surface area contributed by atoms with Gasteiger partial charge in [0.2, 0.25) is 5.91 Å². The van der Waals surface area contributed by atoms with Crippen LogP contribution < -0.4 is 15.4 Å². The van der Waals surface area contributed by atoms with Gasteiger partial charge in [-0.05, 0) is 24.8 Å². The van der Waals surface area contributed by atoms with Crippen LogP contribution in [0.25, 0.3) is 0 Å². The number of carbonyl (C=O) groups excluding carboxylic acids is 1. The van der Waals surface area contributed by atoms with Crippen molar-refractivity contribution in [1.82, 2.24) is 15.5 Å². The van der Waals surface area contributed by atoms with Crippen molar-refractivity contribution in [2.45, 2.75) is 32.0 Å². The molecule has 1 aliphatic rings. The first-order valence-electron chi connectivity index (χ1n) is 9.26. The van der Waals surface area contributed by atoms with Crippen molar-refractivity contribution >= 4 is 11.9 Å². The molecule has 1 amide bonds. The topological polar surface area (TPSA) is 66.0 Å². The summed E-state index contributed by atoms with van der Waals surface area (Å²) in [6.45, 7) is 0.525. The predicted molar refractivity (Wildman–Crippen MR) is 101 cm³/mol. The maximum atomic E-state index is 12.4. The van der Waals surface area contributed by atoms with Gasteiger partial charge in [-0.1, -0.05) is 18.2 Å². The van der Waals surface area contributed by atoms with Crippen LogP contribution >= 0.6 is 0 Å². The number of piperidine rings is 1. The zero-order chi connectivity index (χ0) is 20.6. The van der Waals surface area contributed by atoms with E-state index in [0.717, 1.165) is 25.9 Å². The van der Waals surface area contributed by atoms with Crippen LogP contribution in [-0.2, 0) is 11.3 Å². The Bertz CT molecular complexity index is 671. The minimum absolute atomic E-state index is 0.0522. The summed E-state index contributed by atoms with van der Waals surface area (Å²) < 4.78 is 42.2. The van der Waals surface area contributed by atoms with E-state index in [0.29, 0.717) is 30.4 Å². The van der Waals surface area contributed by atoms with Crippen molar-refractivity contribution < 1.29 is 22.7 Å². The standard InChI is InChI=1S/C19H27F3N4O2/c1-23-17(27)11-14-7-9-26(10-8-14)18(24-2)25-12-15-5-3-4-6-16(15)28-13-19(20,21)22/h3-6,14H,7-13H2,1-2H3,(H,23,27)(H,24,25). The summed E-state index contributed by atoms with van der Waals surface area (Å²) >= 11 is 0. The van der Waals surface area contributed by atoms with Gasteiger partial charge in [0, 0.05) is 45.7 Å². The number of aliphatic imine (C=N–C) groups is 1. The second-order valence-electron chi connectivity index (χ2n) is 6.72. The molecule has 1 fully saturated rings. The number of para-hydroxylation sites is 1. The number of halogens is 3. The van der Waals surface area contributed by atoms with Gasteiger partial charge in [0.05, 0.1) is 0 Å². The second-order valence-corrected chi connectivity index (χ2v) is 6.72. The first kappa shape index (κ1) is 21.8. The average Bonchev–Trinajstić information content (AvgIpc) is 2.68. The molecule has 1 aliphatic heterocycles. The molecule has 0 bridgehead atoms. The molecule has 0 saturated carbocycles. The summed E-state index contributed by atoms with van der Waals surface area (Å²) in [6, 6.07) is 6.64. The fourth-order valence-electron chi connectivity index (χ4n) is 3.17. The van der Waals surface area contributed by atoms with E-state index < -0.39 is 12.8 Å². The van der Waals surface area contributed by atoms with E-state index in [2.05, 4.69) is 20.5 Å². The van der Waals surface area contributed by atoms with E-state index in [4.69, 9.17) is 4.74 Å². The van der Waals surface area contributed by atoms with E-state index >= 15 is 0 Å². The Morgan fingerprint density at radius 2 is 1.96 bits per heavy atom. The SMILES string of the molecule is CN=C(NCc1ccccc1OCC(F)(F)F)N1CCC(CC(=O)NC)CC1. The summed E-state index contributed by atoms with van der Waals surface area (Å²) in [7, 11) is 3.31. The van der Waals surface area contributed by atoms with Gasteiger partial charge in [0.15, 0.2) is 12.6 Å². The lowest BCUT2D eigenvalue weighted by Crippen LogP contribution is -2.45. The van der Waals surface area contributed by atoms with Crippen LogP contribution in [0.4, 0.5) is 13.2 Å². The molecule has 1 aromatic carbocycles. The van der Waals surface area contributed by atoms with E-state index in [1.165, 1.54) is 6.07 Å². The molecule has 2 rings (SSSR count). The molecule has 0 aromatic heterocycles. The number of benzene rings is 1. The molecule has 0 aliphatic carbocycles. The molecule has 1 heterocycles. The van der Waals surface area contributed by atoms with E-state index in [1.807, 2.05) is 0 Å². The summed E-state index contributed by atoms with van der Waals surface area (Å²) in [5.41, 5.74) is 0.627. The number of ether oxygens (including phenoxy) is 1. The number of hydrogen-bond acceptors (Lipinski definition) is 3. The molecule has 0 unspecified atom stereocenters. The molecule has 6 nitrogen and oxygen atoms in total. The zero-order valence-electron chi connectivity index (χ0n) is 16.2. The normalized spacial score (nSPS) is 16.0. The molecule has 1 aromatic rings. The Morgan fingerprint density at radius 3 is 2.57 bits per heavy atom. The molecule has 0 radical (unpaired) electrons. The number of amides is 1. The van der Waals surface area contributed by atoms with Crippen molar-refractivity contribution in [1.29, 1.82) is 0 Å². The third kappa shape index (κ3) is 6.94. The fourth-order valence-corrected chi connectivity index (χ4v) is 3.17. The Morgan fingerprint density at radius 1 is 1.29 bits per heavy atom. The largest absolute Gasteiger partial charge is 0.484 e. The van der Waals surface area contributed by atoms with Crippen molar-refractivity contribution in [3.8, 4) is 5.75 Å². The number of rotatable bonds is 6. The number of likely N-dealkylation sites (tertiary alicyclic amines) is 1. The van der Waals surface area contributed by atoms with Gasteiger partial charge in [0.1, 0.15) is 5.75 Å². The van der Waals surface area contributed by atoms with Crippen LogP contribution in [-0.4, -0.2) is 56.7 Å². The highest BCUT2D eigenvalue weighted by Crippen LogP contribution is 2.23. The maximum absolute atomic E-state index is 12.4. The Hall–Kier alpha value is -2.45. The van der Waals surface area contributed by atoms with Crippen LogP contribution in [0.15, 0.2) is 29.3 Å². The number of carbonyl (C=O) groups is 1. The molecule has 0 atom stereocenters. The number of alkyl halides is 3. The van der Waals surface area contributed by atoms with Gasteiger partial charge >= 0.3 is 6.18 Å². The smallest absolute Gasteiger partial charge is 0.422 e. The van der Waals surface area contributed by atoms with Gasteiger partial charge in [0.25, 0.3) is 0 Å². The van der Waals surface area contributed by atoms with Crippen molar-refractivity contribution in [3.63, 3.8) is 0 Å². The lowest BCUT2D eigenvalue weighted by Gasteiger charge is -2.34. The Balaban J connectivity index is 1.89. The van der Waals surface area contributed by atoms with E-state index in [-0.39, 0.29) is 11.7 Å². The summed E-state index contributed by atoms with van der Waals surface area (Å²) in [4.78, 5) is 17.9. The molecule has 0 spiro atoms. The summed E-state index contributed by atoms with van der Waals surface area (Å²) in [5.74, 6) is 1.29. The highest BCUT2D eigenvalue weighted by atomic mass is 19.4. The molecule has 2 N–H and O–H groups in total. The molecular formula is C19H27F3N4O2. The molecule has 1 saturated heterocycles. The lowest BCUT2D eigenvalue weighted by molar-refractivity contribution is -0.153. The fraction of sp³-hybridized carbons (Fsp3) is 0.579. The minimum atomic E-state index is -4.38. The molecule has 9 heteroatoms. The highest BCUT2D eigenvalue weighted by molar-refractivity contribution is 5.80. The first-order valence-corrected chi connectivity index (χ1v) is 9.26. The van der Waals surface area contributed by atoms with Crippen LogP contribution in [0.1, 0.15) is 24.8 Å². The number of nitrogens with zero attached hydrogens (tertiary/aromatic N) is 2. The quantitative estimate of drug-likeness (QED) is 0.569. The van der Waals surface area contributed by atoms with Gasteiger partial charge < -0.3 is 20.3 Å².